The Morgan fingerprint density at radius 1 is 1.00 bits per heavy atom. The molecule has 0 saturated heterocycles. The van der Waals surface area contributed by atoms with Crippen molar-refractivity contribution in [3.8, 4) is 0 Å². The van der Waals surface area contributed by atoms with Gasteiger partial charge in [-0.25, -0.2) is 0 Å². The fourth-order valence-corrected chi connectivity index (χ4v) is 0. The van der Waals surface area contributed by atoms with E-state index in [1.54, 1.807) is 6.92 Å². The molecule has 0 aromatic carbocycles. The molecule has 0 aromatic rings. The van der Waals surface area contributed by atoms with Gasteiger partial charge in [0.15, 0.2) is 0 Å². The minimum atomic E-state index is 0. The number of rotatable bonds is 0. The Hall–Kier alpha value is 1.32. The summed E-state index contributed by atoms with van der Waals surface area (Å²) >= 11 is 0. The molecule has 0 nitrogen and oxygen atoms in total. The van der Waals surface area contributed by atoms with E-state index >= 15 is 0 Å². The molecule has 0 heterocycles. The summed E-state index contributed by atoms with van der Waals surface area (Å²) in [5.41, 5.74) is 0. The van der Waals surface area contributed by atoms with Crippen molar-refractivity contribution in [1.29, 1.82) is 0 Å². The molecule has 0 aliphatic carbocycles. The molecule has 0 bridgehead atoms. The Kier molecular flexibility index (Phi) is 35.3. The second-order valence-corrected chi connectivity index (χ2v) is 4.50. The molecule has 0 unspecified atom stereocenters. The van der Waals surface area contributed by atoms with Gasteiger partial charge in [-0.15, -0.1) is 0 Å². The summed E-state index contributed by atoms with van der Waals surface area (Å²) in [6.45, 7) is 11.8. The summed E-state index contributed by atoms with van der Waals surface area (Å²) in [5.74, 6) is 0. The van der Waals surface area contributed by atoms with Gasteiger partial charge in [-0.3, -0.25) is 0 Å². The van der Waals surface area contributed by atoms with Crippen LogP contribution < -0.4 is 0 Å². The predicted octanol–water partition coefficient (Wildman–Crippen LogP) is 2.21. The smallest absolute Gasteiger partial charge is 0.0379 e. The van der Waals surface area contributed by atoms with Crippen molar-refractivity contribution < 1.29 is 32.7 Å². The van der Waals surface area contributed by atoms with Crippen molar-refractivity contribution >= 4 is 8.80 Å². The second-order valence-electron chi connectivity index (χ2n) is 1.50. The predicted molar refractivity (Wildman–Crippen MR) is 34.4 cm³/mol. The molecule has 0 rings (SSSR count). The summed E-state index contributed by atoms with van der Waals surface area (Å²) in [5, 5.41) is 0. The Labute approximate surface area is 74.6 Å². The monoisotopic (exact) mass is 191 g/mol. The maximum Gasteiger partial charge on any atom is 0.0379 e. The normalized spacial score (nSPS) is 6.00. The molecule has 0 aromatic heterocycles. The SMILES string of the molecule is C[Si](C)C.[CH2-]C.[Y]. The van der Waals surface area contributed by atoms with E-state index in [2.05, 4.69) is 26.6 Å². The fourth-order valence-electron chi connectivity index (χ4n) is 0. The van der Waals surface area contributed by atoms with Crippen LogP contribution in [0.3, 0.4) is 0 Å². The standard InChI is InChI=1S/C3H9Si.C2H5.Y/c1-4(2)3;1-2;/h1-3H3;1H2,2H3;/q;-1;. The van der Waals surface area contributed by atoms with Crippen LogP contribution in [-0.2, 0) is 32.7 Å². The summed E-state index contributed by atoms with van der Waals surface area (Å²) < 4.78 is 0. The average molecular weight is 191 g/mol. The molecule has 0 atom stereocenters. The molecule has 2 heteroatoms. The van der Waals surface area contributed by atoms with Gasteiger partial charge >= 0.3 is 0 Å². The molecule has 0 aliphatic heterocycles. The van der Waals surface area contributed by atoms with Gasteiger partial charge in [-0.1, -0.05) is 19.6 Å². The van der Waals surface area contributed by atoms with Crippen molar-refractivity contribution in [1.82, 2.24) is 0 Å². The first-order valence-corrected chi connectivity index (χ1v) is 5.21. The van der Waals surface area contributed by atoms with Crippen LogP contribution in [0, 0.1) is 6.92 Å². The van der Waals surface area contributed by atoms with Gasteiger partial charge in [-0.05, 0) is 0 Å². The topological polar surface area (TPSA) is 0 Å². The Bertz CT molecular complexity index is 12.8. The zero-order chi connectivity index (χ0) is 5.58. The summed E-state index contributed by atoms with van der Waals surface area (Å²) in [6.07, 6.45) is 0. The van der Waals surface area contributed by atoms with Gasteiger partial charge < -0.3 is 6.92 Å². The minimum absolute atomic E-state index is 0. The van der Waals surface area contributed by atoms with E-state index < -0.39 is 0 Å². The van der Waals surface area contributed by atoms with E-state index in [0.29, 0.717) is 0 Å². The van der Waals surface area contributed by atoms with E-state index in [1.165, 1.54) is 0 Å². The molecule has 0 N–H and O–H groups in total. The molecule has 42 valence electrons. The first-order valence-electron chi connectivity index (χ1n) is 2.21. The van der Waals surface area contributed by atoms with E-state index in [0.717, 1.165) is 0 Å². The molecular formula is C5H14SiY-. The fraction of sp³-hybridized carbons (Fsp3) is 0.800. The largest absolute Gasteiger partial charge is 0.346 e. The van der Waals surface area contributed by atoms with Crippen LogP contribution in [0.15, 0.2) is 0 Å². The maximum absolute atomic E-state index is 3.25. The minimum Gasteiger partial charge on any atom is -0.346 e. The van der Waals surface area contributed by atoms with Crippen LogP contribution in [0.25, 0.3) is 0 Å². The molecule has 0 aliphatic rings. The first-order chi connectivity index (χ1) is 2.73. The van der Waals surface area contributed by atoms with Crippen molar-refractivity contribution in [3.05, 3.63) is 6.92 Å². The van der Waals surface area contributed by atoms with Gasteiger partial charge in [0.2, 0.25) is 0 Å². The van der Waals surface area contributed by atoms with Gasteiger partial charge in [0.25, 0.3) is 0 Å². The summed E-state index contributed by atoms with van der Waals surface area (Å²) in [7, 11) is 0.120. The van der Waals surface area contributed by atoms with Crippen LogP contribution in [0.4, 0.5) is 0 Å². The van der Waals surface area contributed by atoms with E-state index in [4.69, 9.17) is 0 Å². The van der Waals surface area contributed by atoms with Gasteiger partial charge in [-0.2, -0.15) is 6.92 Å². The third-order valence-electron chi connectivity index (χ3n) is 0. The van der Waals surface area contributed by atoms with Crippen molar-refractivity contribution in [2.24, 2.45) is 0 Å². The summed E-state index contributed by atoms with van der Waals surface area (Å²) in [4.78, 5) is 0. The van der Waals surface area contributed by atoms with Crippen molar-refractivity contribution in [3.63, 3.8) is 0 Å². The molecule has 7 heavy (non-hydrogen) atoms. The van der Waals surface area contributed by atoms with Crippen molar-refractivity contribution in [2.75, 3.05) is 0 Å². The van der Waals surface area contributed by atoms with Crippen LogP contribution in [0.1, 0.15) is 6.92 Å². The van der Waals surface area contributed by atoms with Gasteiger partial charge in [0.05, 0.1) is 0 Å². The molecule has 0 amide bonds. The van der Waals surface area contributed by atoms with Crippen LogP contribution in [0.5, 0.6) is 0 Å². The number of hydrogen-bond acceptors (Lipinski definition) is 0. The molecule has 0 spiro atoms. The summed E-state index contributed by atoms with van der Waals surface area (Å²) in [6, 6.07) is 0. The number of hydrogen-bond donors (Lipinski definition) is 0. The van der Waals surface area contributed by atoms with Crippen LogP contribution in [-0.4, -0.2) is 8.80 Å². The molecule has 0 fully saturated rings. The zero-order valence-corrected chi connectivity index (χ0v) is 9.62. The van der Waals surface area contributed by atoms with Crippen molar-refractivity contribution in [2.45, 2.75) is 26.6 Å². The van der Waals surface area contributed by atoms with E-state index in [1.807, 2.05) is 0 Å². The maximum atomic E-state index is 3.25. The van der Waals surface area contributed by atoms with E-state index in [-0.39, 0.29) is 41.5 Å². The van der Waals surface area contributed by atoms with Crippen LogP contribution in [0.2, 0.25) is 19.6 Å². The molecule has 0 saturated carbocycles. The van der Waals surface area contributed by atoms with Crippen LogP contribution >= 0.6 is 0 Å². The third kappa shape index (κ3) is 119. The van der Waals surface area contributed by atoms with Gasteiger partial charge in [0, 0.05) is 41.5 Å². The Balaban J connectivity index is -0.0000000480. The van der Waals surface area contributed by atoms with Gasteiger partial charge in [0.1, 0.15) is 0 Å². The third-order valence-corrected chi connectivity index (χ3v) is 0. The molecule has 2 radical (unpaired) electrons. The Morgan fingerprint density at radius 3 is 1.00 bits per heavy atom. The average Bonchev–Trinajstić information content (AvgIpc) is 1.41. The quantitative estimate of drug-likeness (QED) is 0.406. The van der Waals surface area contributed by atoms with E-state index in [9.17, 15) is 0 Å². The second kappa shape index (κ2) is 15.7. The first kappa shape index (κ1) is 15.8. The molecular weight excluding hydrogens is 177 g/mol. The Morgan fingerprint density at radius 2 is 1.00 bits per heavy atom. The zero-order valence-electron chi connectivity index (χ0n) is 5.78.